The number of pyridine rings is 1. The van der Waals surface area contributed by atoms with Gasteiger partial charge in [0, 0.05) is 17.3 Å². The largest absolute Gasteiger partial charge is 0.497 e. The lowest BCUT2D eigenvalue weighted by Gasteiger charge is -2.05. The van der Waals surface area contributed by atoms with Crippen molar-refractivity contribution in [2.45, 2.75) is 0 Å². The molecule has 0 spiro atoms. The maximum Gasteiger partial charge on any atom is 0.267 e. The highest BCUT2D eigenvalue weighted by atomic mass is 32.1. The molecule has 2 heterocycles. The standard InChI is InChI=1S/C15H13N3O2S/c1-20-10-6-4-9(5-7-10)18-14(19)13-12(16)11-3-2-8-17-15(11)21-13/h2-8H,16H2,1H3,(H,18,19). The lowest BCUT2D eigenvalue weighted by atomic mass is 10.2. The van der Waals surface area contributed by atoms with Crippen LogP contribution in [0.3, 0.4) is 0 Å². The number of nitrogen functional groups attached to an aromatic ring is 1. The highest BCUT2D eigenvalue weighted by molar-refractivity contribution is 7.21. The Bertz CT molecular complexity index is 796. The van der Waals surface area contributed by atoms with Gasteiger partial charge in [-0.05, 0) is 36.4 Å². The highest BCUT2D eigenvalue weighted by Gasteiger charge is 2.16. The van der Waals surface area contributed by atoms with Crippen LogP contribution >= 0.6 is 11.3 Å². The van der Waals surface area contributed by atoms with Gasteiger partial charge in [-0.2, -0.15) is 0 Å². The number of nitrogens with one attached hydrogen (secondary N) is 1. The van der Waals surface area contributed by atoms with Crippen LogP contribution in [-0.4, -0.2) is 18.0 Å². The van der Waals surface area contributed by atoms with Crippen LogP contribution in [0.15, 0.2) is 42.6 Å². The van der Waals surface area contributed by atoms with E-state index in [1.54, 1.807) is 43.6 Å². The molecular weight excluding hydrogens is 286 g/mol. The molecular formula is C15H13N3O2S. The summed E-state index contributed by atoms with van der Waals surface area (Å²) in [7, 11) is 1.60. The topological polar surface area (TPSA) is 77.2 Å². The van der Waals surface area contributed by atoms with Crippen LogP contribution in [0.25, 0.3) is 10.2 Å². The van der Waals surface area contributed by atoms with Crippen molar-refractivity contribution in [3.8, 4) is 5.75 Å². The Morgan fingerprint density at radius 2 is 2.05 bits per heavy atom. The fourth-order valence-corrected chi connectivity index (χ4v) is 2.94. The Morgan fingerprint density at radius 3 is 2.71 bits per heavy atom. The summed E-state index contributed by atoms with van der Waals surface area (Å²) >= 11 is 1.29. The second-order valence-corrected chi connectivity index (χ2v) is 5.38. The minimum Gasteiger partial charge on any atom is -0.497 e. The summed E-state index contributed by atoms with van der Waals surface area (Å²) in [5.74, 6) is 0.499. The zero-order valence-corrected chi connectivity index (χ0v) is 12.1. The zero-order valence-electron chi connectivity index (χ0n) is 11.3. The average molecular weight is 299 g/mol. The molecule has 0 aliphatic rings. The van der Waals surface area contributed by atoms with E-state index in [0.717, 1.165) is 16.0 Å². The van der Waals surface area contributed by atoms with Crippen LogP contribution in [0.4, 0.5) is 11.4 Å². The molecule has 0 saturated carbocycles. The summed E-state index contributed by atoms with van der Waals surface area (Å²) in [6.07, 6.45) is 1.68. The first-order valence-corrected chi connectivity index (χ1v) is 7.09. The van der Waals surface area contributed by atoms with Gasteiger partial charge in [0.05, 0.1) is 12.8 Å². The van der Waals surface area contributed by atoms with Gasteiger partial charge in [-0.15, -0.1) is 11.3 Å². The number of amides is 1. The molecule has 5 nitrogen and oxygen atoms in total. The molecule has 0 radical (unpaired) electrons. The fraction of sp³-hybridized carbons (Fsp3) is 0.0667. The molecule has 0 bridgehead atoms. The quantitative estimate of drug-likeness (QED) is 0.779. The van der Waals surface area contributed by atoms with Crippen molar-refractivity contribution in [2.75, 3.05) is 18.2 Å². The van der Waals surface area contributed by atoms with E-state index in [1.807, 2.05) is 6.07 Å². The summed E-state index contributed by atoms with van der Waals surface area (Å²) in [4.78, 5) is 17.8. The Kier molecular flexibility index (Phi) is 3.45. The molecule has 6 heteroatoms. The maximum absolute atomic E-state index is 12.3. The van der Waals surface area contributed by atoms with Crippen molar-refractivity contribution in [1.29, 1.82) is 0 Å². The number of nitrogens with two attached hydrogens (primary N) is 1. The van der Waals surface area contributed by atoms with Crippen molar-refractivity contribution in [3.05, 3.63) is 47.5 Å². The number of hydrogen-bond acceptors (Lipinski definition) is 5. The number of carbonyl (C=O) groups excluding carboxylic acids is 1. The van der Waals surface area contributed by atoms with Gasteiger partial charge < -0.3 is 15.8 Å². The Hall–Kier alpha value is -2.60. The van der Waals surface area contributed by atoms with Gasteiger partial charge in [-0.25, -0.2) is 4.98 Å². The van der Waals surface area contributed by atoms with Crippen LogP contribution in [0, 0.1) is 0 Å². The summed E-state index contributed by atoms with van der Waals surface area (Å²) in [5.41, 5.74) is 7.18. The normalized spacial score (nSPS) is 10.5. The Morgan fingerprint density at radius 1 is 1.29 bits per heavy atom. The number of methoxy groups -OCH3 is 1. The summed E-state index contributed by atoms with van der Waals surface area (Å²) in [5, 5.41) is 3.63. The van der Waals surface area contributed by atoms with E-state index in [9.17, 15) is 4.79 Å². The van der Waals surface area contributed by atoms with Gasteiger partial charge in [-0.3, -0.25) is 4.79 Å². The number of ether oxygens (including phenoxy) is 1. The number of rotatable bonds is 3. The summed E-state index contributed by atoms with van der Waals surface area (Å²) in [6, 6.07) is 10.8. The lowest BCUT2D eigenvalue weighted by Crippen LogP contribution is -2.11. The third-order valence-corrected chi connectivity index (χ3v) is 4.19. The van der Waals surface area contributed by atoms with Crippen LogP contribution < -0.4 is 15.8 Å². The van der Waals surface area contributed by atoms with Crippen LogP contribution in [0.1, 0.15) is 9.67 Å². The van der Waals surface area contributed by atoms with Crippen LogP contribution in [0.2, 0.25) is 0 Å². The molecule has 0 aliphatic carbocycles. The fourth-order valence-electron chi connectivity index (χ4n) is 1.98. The monoisotopic (exact) mass is 299 g/mol. The smallest absolute Gasteiger partial charge is 0.267 e. The number of fused-ring (bicyclic) bond motifs is 1. The van der Waals surface area contributed by atoms with Gasteiger partial charge in [0.2, 0.25) is 0 Å². The molecule has 2 aromatic heterocycles. The molecule has 1 aromatic carbocycles. The van der Waals surface area contributed by atoms with Gasteiger partial charge in [0.15, 0.2) is 0 Å². The lowest BCUT2D eigenvalue weighted by molar-refractivity contribution is 0.103. The Balaban J connectivity index is 1.87. The van der Waals surface area contributed by atoms with E-state index in [1.165, 1.54) is 11.3 Å². The molecule has 0 atom stereocenters. The number of hydrogen-bond donors (Lipinski definition) is 2. The predicted octanol–water partition coefficient (Wildman–Crippen LogP) is 3.14. The number of thiophene rings is 1. The van der Waals surface area contributed by atoms with E-state index in [4.69, 9.17) is 10.5 Å². The third kappa shape index (κ3) is 2.53. The molecule has 3 aromatic rings. The van der Waals surface area contributed by atoms with E-state index in [-0.39, 0.29) is 5.91 Å². The third-order valence-electron chi connectivity index (χ3n) is 3.06. The van der Waals surface area contributed by atoms with E-state index < -0.39 is 0 Å². The minimum absolute atomic E-state index is 0.235. The van der Waals surface area contributed by atoms with E-state index in [0.29, 0.717) is 16.3 Å². The summed E-state index contributed by atoms with van der Waals surface area (Å²) in [6.45, 7) is 0. The van der Waals surface area contributed by atoms with Gasteiger partial charge in [-0.1, -0.05) is 0 Å². The van der Waals surface area contributed by atoms with Gasteiger partial charge in [0.1, 0.15) is 15.5 Å². The zero-order chi connectivity index (χ0) is 14.8. The SMILES string of the molecule is COc1ccc(NC(=O)c2sc3ncccc3c2N)cc1. The van der Waals surface area contributed by atoms with E-state index >= 15 is 0 Å². The molecule has 0 fully saturated rings. The second kappa shape index (κ2) is 5.41. The molecule has 21 heavy (non-hydrogen) atoms. The van der Waals surface area contributed by atoms with Crippen molar-refractivity contribution in [2.24, 2.45) is 0 Å². The minimum atomic E-state index is -0.235. The number of benzene rings is 1. The molecule has 1 amide bonds. The predicted molar refractivity (Wildman–Crippen MR) is 85.0 cm³/mol. The van der Waals surface area contributed by atoms with Crippen LogP contribution in [-0.2, 0) is 0 Å². The van der Waals surface area contributed by atoms with Crippen molar-refractivity contribution in [1.82, 2.24) is 4.98 Å². The number of nitrogens with zero attached hydrogens (tertiary/aromatic N) is 1. The van der Waals surface area contributed by atoms with Gasteiger partial charge >= 0.3 is 0 Å². The van der Waals surface area contributed by atoms with E-state index in [2.05, 4.69) is 10.3 Å². The Labute approximate surface area is 125 Å². The number of aromatic nitrogens is 1. The van der Waals surface area contributed by atoms with Gasteiger partial charge in [0.25, 0.3) is 5.91 Å². The highest BCUT2D eigenvalue weighted by Crippen LogP contribution is 2.32. The molecule has 3 N–H and O–H groups in total. The first kappa shape index (κ1) is 13.4. The van der Waals surface area contributed by atoms with Crippen molar-refractivity contribution in [3.63, 3.8) is 0 Å². The molecule has 3 rings (SSSR count). The maximum atomic E-state index is 12.3. The van der Waals surface area contributed by atoms with Crippen LogP contribution in [0.5, 0.6) is 5.75 Å². The second-order valence-electron chi connectivity index (χ2n) is 4.38. The summed E-state index contributed by atoms with van der Waals surface area (Å²) < 4.78 is 5.08. The first-order chi connectivity index (χ1) is 10.2. The first-order valence-electron chi connectivity index (χ1n) is 6.27. The molecule has 0 saturated heterocycles. The number of carbonyl (C=O) groups is 1. The molecule has 0 aliphatic heterocycles. The van der Waals surface area contributed by atoms with Crippen molar-refractivity contribution >= 4 is 38.8 Å². The van der Waals surface area contributed by atoms with Crippen molar-refractivity contribution < 1.29 is 9.53 Å². The number of anilines is 2. The average Bonchev–Trinajstić information content (AvgIpc) is 2.86. The molecule has 106 valence electrons. The molecule has 0 unspecified atom stereocenters.